The Morgan fingerprint density at radius 3 is 2.57 bits per heavy atom. The number of likely N-dealkylation sites (tertiary alicyclic amines) is 1. The van der Waals surface area contributed by atoms with Gasteiger partial charge in [-0.1, -0.05) is 27.7 Å². The van der Waals surface area contributed by atoms with Crippen LogP contribution >= 0.6 is 0 Å². The monoisotopic (exact) mass is 294 g/mol. The SMILES string of the molecule is CCCNC1CCC(C)(C)CC1CN1C(C)CCC1CC. The van der Waals surface area contributed by atoms with Crippen LogP contribution in [0.3, 0.4) is 0 Å². The fraction of sp³-hybridized carbons (Fsp3) is 1.00. The van der Waals surface area contributed by atoms with E-state index in [4.69, 9.17) is 0 Å². The summed E-state index contributed by atoms with van der Waals surface area (Å²) in [4.78, 5) is 2.84. The van der Waals surface area contributed by atoms with Crippen molar-refractivity contribution in [3.8, 4) is 0 Å². The third kappa shape index (κ3) is 4.45. The molecule has 0 amide bonds. The van der Waals surface area contributed by atoms with Gasteiger partial charge in [-0.05, 0) is 69.7 Å². The molecule has 1 aliphatic heterocycles. The van der Waals surface area contributed by atoms with Gasteiger partial charge in [0, 0.05) is 24.7 Å². The van der Waals surface area contributed by atoms with Crippen LogP contribution in [0, 0.1) is 11.3 Å². The minimum atomic E-state index is 0.541. The summed E-state index contributed by atoms with van der Waals surface area (Å²) in [6.07, 6.45) is 9.56. The van der Waals surface area contributed by atoms with Crippen LogP contribution in [0.2, 0.25) is 0 Å². The van der Waals surface area contributed by atoms with Crippen molar-refractivity contribution < 1.29 is 0 Å². The van der Waals surface area contributed by atoms with Gasteiger partial charge in [0.25, 0.3) is 0 Å². The molecule has 1 heterocycles. The summed E-state index contributed by atoms with van der Waals surface area (Å²) in [5, 5.41) is 3.85. The maximum Gasteiger partial charge on any atom is 0.0108 e. The van der Waals surface area contributed by atoms with Crippen molar-refractivity contribution in [3.05, 3.63) is 0 Å². The Kier molecular flexibility index (Phi) is 6.14. The summed E-state index contributed by atoms with van der Waals surface area (Å²) in [5.74, 6) is 0.842. The average Bonchev–Trinajstić information content (AvgIpc) is 2.78. The molecule has 1 saturated carbocycles. The first-order chi connectivity index (χ1) is 9.96. The first kappa shape index (κ1) is 17.3. The molecule has 2 rings (SSSR count). The second-order valence-electron chi connectivity index (χ2n) is 8.41. The van der Waals surface area contributed by atoms with Gasteiger partial charge in [-0.15, -0.1) is 0 Å². The summed E-state index contributed by atoms with van der Waals surface area (Å²) in [6.45, 7) is 14.6. The molecule has 1 saturated heterocycles. The Balaban J connectivity index is 2.01. The molecule has 2 heteroatoms. The molecule has 21 heavy (non-hydrogen) atoms. The quantitative estimate of drug-likeness (QED) is 0.779. The third-order valence-corrected chi connectivity index (χ3v) is 6.04. The zero-order valence-electron chi connectivity index (χ0n) is 15.1. The molecule has 2 aliphatic rings. The lowest BCUT2D eigenvalue weighted by Crippen LogP contribution is -2.49. The Morgan fingerprint density at radius 1 is 1.14 bits per heavy atom. The smallest absolute Gasteiger partial charge is 0.0108 e. The predicted molar refractivity (Wildman–Crippen MR) is 92.7 cm³/mol. The molecule has 0 spiro atoms. The highest BCUT2D eigenvalue weighted by Crippen LogP contribution is 2.40. The van der Waals surface area contributed by atoms with E-state index in [2.05, 4.69) is 44.8 Å². The van der Waals surface area contributed by atoms with Gasteiger partial charge in [-0.3, -0.25) is 4.90 Å². The molecule has 0 aromatic rings. The van der Waals surface area contributed by atoms with Crippen molar-refractivity contribution in [2.75, 3.05) is 13.1 Å². The van der Waals surface area contributed by atoms with Crippen molar-refractivity contribution >= 4 is 0 Å². The highest BCUT2D eigenvalue weighted by Gasteiger charge is 2.38. The van der Waals surface area contributed by atoms with Gasteiger partial charge in [-0.25, -0.2) is 0 Å². The largest absolute Gasteiger partial charge is 0.314 e. The standard InChI is InChI=1S/C19H38N2/c1-6-12-20-18-10-11-19(4,5)13-16(18)14-21-15(3)8-9-17(21)7-2/h15-18,20H,6-14H2,1-5H3. The van der Waals surface area contributed by atoms with E-state index >= 15 is 0 Å². The van der Waals surface area contributed by atoms with Gasteiger partial charge in [0.15, 0.2) is 0 Å². The van der Waals surface area contributed by atoms with E-state index in [-0.39, 0.29) is 0 Å². The Bertz CT molecular complexity index is 313. The highest BCUT2D eigenvalue weighted by atomic mass is 15.2. The van der Waals surface area contributed by atoms with Crippen LogP contribution in [0.4, 0.5) is 0 Å². The lowest BCUT2D eigenvalue weighted by Gasteiger charge is -2.44. The fourth-order valence-corrected chi connectivity index (χ4v) is 4.69. The van der Waals surface area contributed by atoms with Crippen LogP contribution in [-0.2, 0) is 0 Å². The summed E-state index contributed by atoms with van der Waals surface area (Å²) < 4.78 is 0. The first-order valence-electron chi connectivity index (χ1n) is 9.46. The van der Waals surface area contributed by atoms with Crippen LogP contribution in [-0.4, -0.2) is 36.1 Å². The van der Waals surface area contributed by atoms with Crippen molar-refractivity contribution in [1.82, 2.24) is 10.2 Å². The average molecular weight is 295 g/mol. The molecule has 2 fully saturated rings. The van der Waals surface area contributed by atoms with Gasteiger partial charge in [0.2, 0.25) is 0 Å². The molecule has 2 nitrogen and oxygen atoms in total. The molecule has 1 aliphatic carbocycles. The second kappa shape index (κ2) is 7.46. The lowest BCUT2D eigenvalue weighted by atomic mass is 9.69. The van der Waals surface area contributed by atoms with E-state index in [0.717, 1.165) is 24.0 Å². The Morgan fingerprint density at radius 2 is 1.90 bits per heavy atom. The third-order valence-electron chi connectivity index (χ3n) is 6.04. The lowest BCUT2D eigenvalue weighted by molar-refractivity contribution is 0.0804. The van der Waals surface area contributed by atoms with E-state index in [1.165, 1.54) is 58.0 Å². The number of hydrogen-bond donors (Lipinski definition) is 1. The van der Waals surface area contributed by atoms with E-state index in [1.807, 2.05) is 0 Å². The zero-order chi connectivity index (χ0) is 15.5. The van der Waals surface area contributed by atoms with Crippen LogP contribution < -0.4 is 5.32 Å². The molecule has 4 atom stereocenters. The highest BCUT2D eigenvalue weighted by molar-refractivity contribution is 4.93. The summed E-state index contributed by atoms with van der Waals surface area (Å²) in [5.41, 5.74) is 0.541. The van der Waals surface area contributed by atoms with Crippen LogP contribution in [0.15, 0.2) is 0 Å². The maximum atomic E-state index is 3.85. The predicted octanol–water partition coefficient (Wildman–Crippen LogP) is 4.44. The van der Waals surface area contributed by atoms with E-state index in [0.29, 0.717) is 5.41 Å². The number of nitrogens with one attached hydrogen (secondary N) is 1. The van der Waals surface area contributed by atoms with Gasteiger partial charge in [0.1, 0.15) is 0 Å². The van der Waals surface area contributed by atoms with Gasteiger partial charge < -0.3 is 5.32 Å². The topological polar surface area (TPSA) is 15.3 Å². The Labute approximate surface area is 133 Å². The Hall–Kier alpha value is -0.0800. The number of hydrogen-bond acceptors (Lipinski definition) is 2. The van der Waals surface area contributed by atoms with Crippen LogP contribution in [0.1, 0.15) is 79.6 Å². The molecule has 0 radical (unpaired) electrons. The second-order valence-corrected chi connectivity index (χ2v) is 8.41. The molecule has 0 aromatic heterocycles. The summed E-state index contributed by atoms with van der Waals surface area (Å²) in [7, 11) is 0. The van der Waals surface area contributed by atoms with Crippen LogP contribution in [0.5, 0.6) is 0 Å². The molecule has 0 bridgehead atoms. The molecule has 0 aromatic carbocycles. The number of rotatable bonds is 6. The van der Waals surface area contributed by atoms with Crippen molar-refractivity contribution in [2.45, 2.75) is 97.7 Å². The molecular weight excluding hydrogens is 256 g/mol. The van der Waals surface area contributed by atoms with Crippen LogP contribution in [0.25, 0.3) is 0 Å². The minimum absolute atomic E-state index is 0.541. The molecule has 4 unspecified atom stereocenters. The van der Waals surface area contributed by atoms with Crippen molar-refractivity contribution in [2.24, 2.45) is 11.3 Å². The number of nitrogens with zero attached hydrogens (tertiary/aromatic N) is 1. The van der Waals surface area contributed by atoms with E-state index < -0.39 is 0 Å². The van der Waals surface area contributed by atoms with Gasteiger partial charge in [-0.2, -0.15) is 0 Å². The van der Waals surface area contributed by atoms with Crippen molar-refractivity contribution in [1.29, 1.82) is 0 Å². The normalized spacial score (nSPS) is 37.0. The summed E-state index contributed by atoms with van der Waals surface area (Å²) >= 11 is 0. The van der Waals surface area contributed by atoms with Gasteiger partial charge in [0.05, 0.1) is 0 Å². The van der Waals surface area contributed by atoms with Crippen molar-refractivity contribution in [3.63, 3.8) is 0 Å². The molecule has 124 valence electrons. The maximum absolute atomic E-state index is 3.85. The molecular formula is C19H38N2. The van der Waals surface area contributed by atoms with Gasteiger partial charge >= 0.3 is 0 Å². The zero-order valence-corrected chi connectivity index (χ0v) is 15.1. The first-order valence-corrected chi connectivity index (χ1v) is 9.46. The van der Waals surface area contributed by atoms with E-state index in [9.17, 15) is 0 Å². The summed E-state index contributed by atoms with van der Waals surface area (Å²) in [6, 6.07) is 2.40. The molecule has 1 N–H and O–H groups in total. The van der Waals surface area contributed by atoms with E-state index in [1.54, 1.807) is 0 Å². The fourth-order valence-electron chi connectivity index (χ4n) is 4.69. The minimum Gasteiger partial charge on any atom is -0.314 e.